The number of carboxylic acids is 1. The highest BCUT2D eigenvalue weighted by Gasteiger charge is 2.23. The minimum absolute atomic E-state index is 0.0839. The maximum absolute atomic E-state index is 12.0. The number of aromatic carboxylic acids is 1. The highest BCUT2D eigenvalue weighted by atomic mass is 16.6. The molecule has 1 aromatic rings. The fraction of sp³-hybridized carbons (Fsp3) is 0.429. The molecule has 0 aromatic heterocycles. The number of carboxylic acid groups (broad SMARTS) is 1. The van der Waals surface area contributed by atoms with Gasteiger partial charge in [0.15, 0.2) is 6.10 Å². The van der Waals surface area contributed by atoms with Gasteiger partial charge < -0.3 is 24.6 Å². The number of benzene rings is 1. The molecule has 7 heteroatoms. The quantitative estimate of drug-likeness (QED) is 0.837. The molecule has 1 aliphatic rings. The van der Waals surface area contributed by atoms with Crippen molar-refractivity contribution in [2.24, 2.45) is 0 Å². The summed E-state index contributed by atoms with van der Waals surface area (Å²) in [7, 11) is 1.51. The zero-order chi connectivity index (χ0) is 15.2. The molecule has 0 spiro atoms. The Morgan fingerprint density at radius 2 is 2.19 bits per heavy atom. The lowest BCUT2D eigenvalue weighted by molar-refractivity contribution is -0.142. The molecule has 1 unspecified atom stereocenters. The maximum atomic E-state index is 12.0. The zero-order valence-corrected chi connectivity index (χ0v) is 11.6. The normalized spacial score (nSPS) is 18.2. The van der Waals surface area contributed by atoms with E-state index in [1.54, 1.807) is 6.07 Å². The number of hydrogen-bond donors (Lipinski definition) is 2. The molecule has 1 amide bonds. The van der Waals surface area contributed by atoms with Gasteiger partial charge in [-0.25, -0.2) is 4.79 Å². The molecule has 0 saturated carbocycles. The van der Waals surface area contributed by atoms with E-state index in [1.165, 1.54) is 19.2 Å². The average molecular weight is 295 g/mol. The fourth-order valence-electron chi connectivity index (χ4n) is 2.00. The second kappa shape index (κ2) is 7.16. The first kappa shape index (κ1) is 15.4. The molecule has 0 bridgehead atoms. The van der Waals surface area contributed by atoms with Crippen molar-refractivity contribution < 1.29 is 28.9 Å². The van der Waals surface area contributed by atoms with Gasteiger partial charge in [-0.1, -0.05) is 0 Å². The van der Waals surface area contributed by atoms with Crippen molar-refractivity contribution in [3.8, 4) is 0 Å². The van der Waals surface area contributed by atoms with Crippen molar-refractivity contribution >= 4 is 17.6 Å². The van der Waals surface area contributed by atoms with Crippen LogP contribution in [0.25, 0.3) is 0 Å². The molecule has 1 saturated heterocycles. The molecule has 0 aliphatic carbocycles. The summed E-state index contributed by atoms with van der Waals surface area (Å²) in [6.45, 7) is 1.28. The van der Waals surface area contributed by atoms with E-state index < -0.39 is 12.1 Å². The van der Waals surface area contributed by atoms with E-state index in [4.69, 9.17) is 19.3 Å². The van der Waals surface area contributed by atoms with Crippen LogP contribution in [0.4, 0.5) is 5.69 Å². The molecule has 1 heterocycles. The number of amides is 1. The van der Waals surface area contributed by atoms with Crippen LogP contribution in [-0.2, 0) is 25.6 Å². The third-order valence-corrected chi connectivity index (χ3v) is 2.93. The van der Waals surface area contributed by atoms with Gasteiger partial charge in [0.2, 0.25) is 0 Å². The van der Waals surface area contributed by atoms with Gasteiger partial charge in [-0.2, -0.15) is 0 Å². The van der Waals surface area contributed by atoms with Crippen LogP contribution in [0.2, 0.25) is 0 Å². The zero-order valence-electron chi connectivity index (χ0n) is 11.6. The Kier molecular flexibility index (Phi) is 5.26. The van der Waals surface area contributed by atoms with E-state index in [9.17, 15) is 9.59 Å². The first-order valence-corrected chi connectivity index (χ1v) is 6.46. The second-order valence-electron chi connectivity index (χ2n) is 4.58. The number of carbonyl (C=O) groups is 2. The summed E-state index contributed by atoms with van der Waals surface area (Å²) in [6, 6.07) is 4.56. The Morgan fingerprint density at radius 1 is 1.38 bits per heavy atom. The van der Waals surface area contributed by atoms with Gasteiger partial charge in [0.1, 0.15) is 0 Å². The van der Waals surface area contributed by atoms with Gasteiger partial charge in [-0.05, 0) is 23.8 Å². The van der Waals surface area contributed by atoms with Crippen molar-refractivity contribution in [2.45, 2.75) is 12.7 Å². The maximum Gasteiger partial charge on any atom is 0.335 e. The van der Waals surface area contributed by atoms with Gasteiger partial charge in [0.05, 0.1) is 32.0 Å². The molecule has 2 rings (SSSR count). The minimum Gasteiger partial charge on any atom is -0.478 e. The van der Waals surface area contributed by atoms with Crippen molar-refractivity contribution in [3.05, 3.63) is 29.3 Å². The molecular formula is C14H17NO6. The van der Waals surface area contributed by atoms with Gasteiger partial charge in [0.25, 0.3) is 5.91 Å². The lowest BCUT2D eigenvalue weighted by Gasteiger charge is -2.22. The van der Waals surface area contributed by atoms with E-state index in [1.807, 2.05) is 0 Å². The standard InChI is InChI=1S/C14H17NO6/c1-19-7-9-4-10(14(17)18)6-11(5-9)15-13(16)12-8-20-2-3-21-12/h4-6,12H,2-3,7-8H2,1H3,(H,15,16)(H,17,18). The first-order valence-electron chi connectivity index (χ1n) is 6.46. The number of carbonyl (C=O) groups excluding carboxylic acids is 1. The summed E-state index contributed by atoms with van der Waals surface area (Å²) in [5, 5.41) is 11.7. The van der Waals surface area contributed by atoms with Gasteiger partial charge >= 0.3 is 5.97 Å². The molecule has 1 atom stereocenters. The number of methoxy groups -OCH3 is 1. The SMILES string of the molecule is COCc1cc(NC(=O)C2COCCO2)cc(C(=O)O)c1. The van der Waals surface area contributed by atoms with Crippen LogP contribution in [0, 0.1) is 0 Å². The fourth-order valence-corrected chi connectivity index (χ4v) is 2.00. The van der Waals surface area contributed by atoms with Crippen LogP contribution in [-0.4, -0.2) is 50.0 Å². The highest BCUT2D eigenvalue weighted by Crippen LogP contribution is 2.17. The van der Waals surface area contributed by atoms with Crippen LogP contribution in [0.5, 0.6) is 0 Å². The smallest absolute Gasteiger partial charge is 0.335 e. The van der Waals surface area contributed by atoms with Crippen LogP contribution >= 0.6 is 0 Å². The summed E-state index contributed by atoms with van der Waals surface area (Å²) in [6.07, 6.45) is -0.682. The average Bonchev–Trinajstić information content (AvgIpc) is 2.48. The topological polar surface area (TPSA) is 94.1 Å². The molecule has 1 aliphatic heterocycles. The highest BCUT2D eigenvalue weighted by molar-refractivity contribution is 5.96. The van der Waals surface area contributed by atoms with E-state index in [2.05, 4.69) is 5.32 Å². The Labute approximate surface area is 121 Å². The van der Waals surface area contributed by atoms with Crippen molar-refractivity contribution in [2.75, 3.05) is 32.2 Å². The van der Waals surface area contributed by atoms with Crippen molar-refractivity contribution in [3.63, 3.8) is 0 Å². The number of anilines is 1. The van der Waals surface area contributed by atoms with Crippen LogP contribution in [0.15, 0.2) is 18.2 Å². The number of nitrogens with one attached hydrogen (secondary N) is 1. The third-order valence-electron chi connectivity index (χ3n) is 2.93. The molecule has 7 nitrogen and oxygen atoms in total. The largest absolute Gasteiger partial charge is 0.478 e. The molecular weight excluding hydrogens is 278 g/mol. The molecule has 1 fully saturated rings. The predicted octanol–water partition coefficient (Wildman–Crippen LogP) is 0.885. The molecule has 0 radical (unpaired) electrons. The second-order valence-corrected chi connectivity index (χ2v) is 4.58. The Bertz CT molecular complexity index is 524. The van der Waals surface area contributed by atoms with Crippen molar-refractivity contribution in [1.82, 2.24) is 0 Å². The van der Waals surface area contributed by atoms with Gasteiger partial charge in [0, 0.05) is 12.8 Å². The summed E-state index contributed by atoms with van der Waals surface area (Å²) >= 11 is 0. The first-order chi connectivity index (χ1) is 10.1. The van der Waals surface area contributed by atoms with E-state index >= 15 is 0 Å². The van der Waals surface area contributed by atoms with Crippen LogP contribution in [0.3, 0.4) is 0 Å². The van der Waals surface area contributed by atoms with Crippen molar-refractivity contribution in [1.29, 1.82) is 0 Å². The summed E-state index contributed by atoms with van der Waals surface area (Å²) in [4.78, 5) is 23.1. The monoisotopic (exact) mass is 295 g/mol. The van der Waals surface area contributed by atoms with E-state index in [-0.39, 0.29) is 24.7 Å². The summed E-state index contributed by atoms with van der Waals surface area (Å²) in [5.74, 6) is -1.43. The number of hydrogen-bond acceptors (Lipinski definition) is 5. The third kappa shape index (κ3) is 4.25. The Balaban J connectivity index is 2.13. The number of ether oxygens (including phenoxy) is 3. The van der Waals surface area contributed by atoms with E-state index in [0.29, 0.717) is 24.5 Å². The predicted molar refractivity (Wildman–Crippen MR) is 73.3 cm³/mol. The van der Waals surface area contributed by atoms with E-state index in [0.717, 1.165) is 0 Å². The Hall–Kier alpha value is -1.96. The molecule has 21 heavy (non-hydrogen) atoms. The minimum atomic E-state index is -1.07. The van der Waals surface area contributed by atoms with Gasteiger partial charge in [-0.3, -0.25) is 4.79 Å². The lowest BCUT2D eigenvalue weighted by Crippen LogP contribution is -2.39. The summed E-state index contributed by atoms with van der Waals surface area (Å²) in [5.41, 5.74) is 1.13. The summed E-state index contributed by atoms with van der Waals surface area (Å²) < 4.78 is 15.4. The molecule has 2 N–H and O–H groups in total. The molecule has 1 aromatic carbocycles. The van der Waals surface area contributed by atoms with Crippen LogP contribution < -0.4 is 5.32 Å². The molecule has 114 valence electrons. The van der Waals surface area contributed by atoms with Crippen LogP contribution in [0.1, 0.15) is 15.9 Å². The number of rotatable bonds is 5. The van der Waals surface area contributed by atoms with Gasteiger partial charge in [-0.15, -0.1) is 0 Å². The lowest BCUT2D eigenvalue weighted by atomic mass is 10.1. The Morgan fingerprint density at radius 3 is 2.81 bits per heavy atom.